The first kappa shape index (κ1) is 23.0. The Hall–Kier alpha value is -4.20. The molecule has 3 aromatic rings. The maximum atomic E-state index is 14.1. The maximum absolute atomic E-state index is 14.1. The molecule has 4 rings (SSSR count). The molecule has 3 aromatic carbocycles. The van der Waals surface area contributed by atoms with Gasteiger partial charge in [-0.05, 0) is 48.4 Å². The summed E-state index contributed by atoms with van der Waals surface area (Å²) in [6.45, 7) is 1.79. The number of aryl methyl sites for hydroxylation is 1. The van der Waals surface area contributed by atoms with Crippen molar-refractivity contribution >= 4 is 23.1 Å². The number of hydrogen-bond acceptors (Lipinski definition) is 5. The fourth-order valence-corrected chi connectivity index (χ4v) is 4.06. The Morgan fingerprint density at radius 2 is 1.62 bits per heavy atom. The van der Waals surface area contributed by atoms with Crippen LogP contribution in [-0.4, -0.2) is 31.0 Å². The number of hydrogen-bond donors (Lipinski definition) is 1. The normalized spacial score (nSPS) is 17.2. The van der Waals surface area contributed by atoms with Gasteiger partial charge in [-0.25, -0.2) is 8.78 Å². The highest BCUT2D eigenvalue weighted by molar-refractivity contribution is 6.51. The van der Waals surface area contributed by atoms with Gasteiger partial charge in [0.05, 0.1) is 25.8 Å². The molecule has 0 aromatic heterocycles. The third kappa shape index (κ3) is 3.77. The number of methoxy groups -OCH3 is 2. The highest BCUT2D eigenvalue weighted by Crippen LogP contribution is 2.44. The number of amides is 1. The summed E-state index contributed by atoms with van der Waals surface area (Å²) in [5, 5.41) is 11.2. The van der Waals surface area contributed by atoms with Crippen LogP contribution in [0.1, 0.15) is 22.7 Å². The van der Waals surface area contributed by atoms with Gasteiger partial charge in [-0.3, -0.25) is 14.5 Å². The second kappa shape index (κ2) is 8.97. The van der Waals surface area contributed by atoms with Crippen LogP contribution in [0.4, 0.5) is 14.5 Å². The first-order valence-corrected chi connectivity index (χ1v) is 10.3. The summed E-state index contributed by atoms with van der Waals surface area (Å²) in [5.74, 6) is -3.88. The van der Waals surface area contributed by atoms with Crippen LogP contribution in [0.2, 0.25) is 0 Å². The van der Waals surface area contributed by atoms with Crippen molar-refractivity contribution in [2.75, 3.05) is 19.1 Å². The van der Waals surface area contributed by atoms with Gasteiger partial charge < -0.3 is 14.6 Å². The van der Waals surface area contributed by atoms with Crippen LogP contribution in [0, 0.1) is 18.6 Å². The zero-order valence-electron chi connectivity index (χ0n) is 18.6. The molecule has 8 heteroatoms. The lowest BCUT2D eigenvalue weighted by Crippen LogP contribution is -2.30. The van der Waals surface area contributed by atoms with E-state index < -0.39 is 35.1 Å². The second-order valence-corrected chi connectivity index (χ2v) is 7.69. The molecule has 0 aliphatic carbocycles. The van der Waals surface area contributed by atoms with Crippen LogP contribution in [0.3, 0.4) is 0 Å². The molecule has 1 amide bonds. The molecule has 174 valence electrons. The Labute approximate surface area is 194 Å². The minimum Gasteiger partial charge on any atom is -0.507 e. The number of halogens is 2. The summed E-state index contributed by atoms with van der Waals surface area (Å²) < 4.78 is 38.1. The van der Waals surface area contributed by atoms with E-state index in [2.05, 4.69) is 0 Å². The molecule has 34 heavy (non-hydrogen) atoms. The number of Topliss-reactive ketones (excluding diaryl/α,β-unsaturated/α-hetero) is 1. The highest BCUT2D eigenvalue weighted by Gasteiger charge is 2.47. The molecule has 1 atom stereocenters. The topological polar surface area (TPSA) is 76.1 Å². The number of benzene rings is 3. The van der Waals surface area contributed by atoms with Gasteiger partial charge in [-0.1, -0.05) is 24.3 Å². The Morgan fingerprint density at radius 3 is 2.26 bits per heavy atom. The molecule has 1 fully saturated rings. The molecule has 1 N–H and O–H groups in total. The van der Waals surface area contributed by atoms with E-state index in [9.17, 15) is 23.5 Å². The molecule has 1 saturated heterocycles. The van der Waals surface area contributed by atoms with Crippen LogP contribution >= 0.6 is 0 Å². The lowest BCUT2D eigenvalue weighted by Gasteiger charge is -2.26. The van der Waals surface area contributed by atoms with E-state index in [1.165, 1.54) is 32.4 Å². The van der Waals surface area contributed by atoms with Crippen LogP contribution in [0.25, 0.3) is 5.76 Å². The lowest BCUT2D eigenvalue weighted by molar-refractivity contribution is -0.132. The number of ether oxygens (including phenoxy) is 2. The van der Waals surface area contributed by atoms with E-state index in [1.54, 1.807) is 37.3 Å². The number of aliphatic hydroxyl groups is 1. The van der Waals surface area contributed by atoms with Gasteiger partial charge in [0.15, 0.2) is 23.1 Å². The van der Waals surface area contributed by atoms with E-state index in [4.69, 9.17) is 9.47 Å². The van der Waals surface area contributed by atoms with Crippen molar-refractivity contribution in [2.45, 2.75) is 13.0 Å². The highest BCUT2D eigenvalue weighted by atomic mass is 19.2. The van der Waals surface area contributed by atoms with Crippen molar-refractivity contribution in [3.8, 4) is 11.5 Å². The number of anilines is 1. The Morgan fingerprint density at radius 1 is 0.912 bits per heavy atom. The van der Waals surface area contributed by atoms with Gasteiger partial charge in [-0.2, -0.15) is 0 Å². The number of rotatable bonds is 5. The molecule has 1 aliphatic heterocycles. The van der Waals surface area contributed by atoms with E-state index in [0.717, 1.165) is 22.6 Å². The van der Waals surface area contributed by atoms with Crippen LogP contribution in [-0.2, 0) is 9.59 Å². The number of aliphatic hydroxyl groups excluding tert-OH is 1. The first-order valence-electron chi connectivity index (χ1n) is 10.3. The minimum atomic E-state index is -1.16. The predicted octanol–water partition coefficient (Wildman–Crippen LogP) is 4.92. The Kier molecular flexibility index (Phi) is 6.06. The zero-order valence-corrected chi connectivity index (χ0v) is 18.6. The largest absolute Gasteiger partial charge is 0.507 e. The van der Waals surface area contributed by atoms with Crippen molar-refractivity contribution in [1.82, 2.24) is 0 Å². The van der Waals surface area contributed by atoms with Gasteiger partial charge in [0.25, 0.3) is 11.7 Å². The molecule has 1 heterocycles. The van der Waals surface area contributed by atoms with Gasteiger partial charge in [0.2, 0.25) is 0 Å². The Bertz CT molecular complexity index is 1330. The van der Waals surface area contributed by atoms with E-state index in [0.29, 0.717) is 17.1 Å². The number of nitrogens with zero attached hydrogens (tertiary/aromatic N) is 1. The number of carbonyl (C=O) groups is 2. The average Bonchev–Trinajstić information content (AvgIpc) is 3.10. The SMILES string of the molecule is COc1ccc(/C(O)=C2\C(=O)C(=O)N(c3ccc(F)c(F)c3)C2c2ccccc2C)cc1OC. The first-order chi connectivity index (χ1) is 16.3. The van der Waals surface area contributed by atoms with Gasteiger partial charge in [0, 0.05) is 17.3 Å². The molecule has 1 unspecified atom stereocenters. The van der Waals surface area contributed by atoms with Crippen molar-refractivity contribution in [1.29, 1.82) is 0 Å². The summed E-state index contributed by atoms with van der Waals surface area (Å²) >= 11 is 0. The van der Waals surface area contributed by atoms with Gasteiger partial charge in [0.1, 0.15) is 5.76 Å². The number of ketones is 1. The summed E-state index contributed by atoms with van der Waals surface area (Å²) in [5.41, 5.74) is 1.31. The third-order valence-electron chi connectivity index (χ3n) is 5.77. The summed E-state index contributed by atoms with van der Waals surface area (Å²) in [4.78, 5) is 27.4. The van der Waals surface area contributed by atoms with Gasteiger partial charge in [-0.15, -0.1) is 0 Å². The lowest BCUT2D eigenvalue weighted by atomic mass is 9.92. The molecule has 1 aliphatic rings. The monoisotopic (exact) mass is 465 g/mol. The molecule has 0 spiro atoms. The Balaban J connectivity index is 1.97. The minimum absolute atomic E-state index is 0.0133. The fourth-order valence-electron chi connectivity index (χ4n) is 4.06. The summed E-state index contributed by atoms with van der Waals surface area (Å²) in [7, 11) is 2.89. The summed E-state index contributed by atoms with van der Waals surface area (Å²) in [6.07, 6.45) is 0. The van der Waals surface area contributed by atoms with E-state index in [-0.39, 0.29) is 16.8 Å². The average molecular weight is 465 g/mol. The van der Waals surface area contributed by atoms with Gasteiger partial charge >= 0.3 is 0 Å². The van der Waals surface area contributed by atoms with Crippen LogP contribution in [0.5, 0.6) is 11.5 Å². The smallest absolute Gasteiger partial charge is 0.300 e. The predicted molar refractivity (Wildman–Crippen MR) is 122 cm³/mol. The molecule has 6 nitrogen and oxygen atoms in total. The fraction of sp³-hybridized carbons (Fsp3) is 0.154. The molecular weight excluding hydrogens is 444 g/mol. The quantitative estimate of drug-likeness (QED) is 0.329. The van der Waals surface area contributed by atoms with E-state index >= 15 is 0 Å². The standard InChI is InChI=1S/C26H21F2NO5/c1-14-6-4-5-7-17(14)23-22(24(30)15-8-11-20(33-2)21(12-15)34-3)25(31)26(32)29(23)16-9-10-18(27)19(28)13-16/h4-13,23,30H,1-3H3/b24-22+. The van der Waals surface area contributed by atoms with Crippen molar-refractivity contribution in [2.24, 2.45) is 0 Å². The van der Waals surface area contributed by atoms with E-state index in [1.807, 2.05) is 0 Å². The van der Waals surface area contributed by atoms with Crippen molar-refractivity contribution in [3.63, 3.8) is 0 Å². The summed E-state index contributed by atoms with van der Waals surface area (Å²) in [6, 6.07) is 13.4. The molecular formula is C26H21F2NO5. The molecule has 0 saturated carbocycles. The second-order valence-electron chi connectivity index (χ2n) is 7.69. The van der Waals surface area contributed by atoms with Crippen molar-refractivity contribution in [3.05, 3.63) is 94.6 Å². The van der Waals surface area contributed by atoms with Crippen molar-refractivity contribution < 1.29 is 33.0 Å². The van der Waals surface area contributed by atoms with Crippen LogP contribution < -0.4 is 14.4 Å². The number of carbonyl (C=O) groups excluding carboxylic acids is 2. The maximum Gasteiger partial charge on any atom is 0.300 e. The van der Waals surface area contributed by atoms with Crippen LogP contribution in [0.15, 0.2) is 66.2 Å². The molecule has 0 radical (unpaired) electrons. The zero-order chi connectivity index (χ0) is 24.6. The third-order valence-corrected chi connectivity index (χ3v) is 5.77. The molecule has 0 bridgehead atoms.